The Hall–Kier alpha value is -6.70. The average Bonchev–Trinajstić information content (AvgIpc) is 1.67. The van der Waals surface area contributed by atoms with Crippen molar-refractivity contribution in [3.05, 3.63) is 12.2 Å². The smallest absolute Gasteiger partial charge is 0.336 e. The van der Waals surface area contributed by atoms with Crippen LogP contribution in [0.5, 0.6) is 0 Å². The molecule has 11 amide bonds. The normalized spacial score (nSPS) is 26.8. The zero-order valence-corrected chi connectivity index (χ0v) is 59.1. The van der Waals surface area contributed by atoms with E-state index < -0.39 is 173 Å². The number of hydrogen-bond donors (Lipinski definition) is 7. The van der Waals surface area contributed by atoms with Gasteiger partial charge in [0.15, 0.2) is 0 Å². The number of nitrogens with one attached hydrogen (secondary N) is 4. The van der Waals surface area contributed by atoms with Gasteiger partial charge >= 0.3 is 5.97 Å². The summed E-state index contributed by atoms with van der Waals surface area (Å²) >= 11 is 0. The molecule has 1 aliphatic rings. The number of hydrogen-bond acceptors (Lipinski definition) is 14. The van der Waals surface area contributed by atoms with Crippen LogP contribution in [0.3, 0.4) is 0 Å². The highest BCUT2D eigenvalue weighted by Crippen LogP contribution is 2.26. The molecule has 13 atom stereocenters. The summed E-state index contributed by atoms with van der Waals surface area (Å²) in [6, 6.07) is -16.4. The molecule has 91 heavy (non-hydrogen) atoms. The van der Waals surface area contributed by atoms with Crippen LogP contribution >= 0.6 is 0 Å². The number of aliphatic hydroxyl groups excluding tert-OH is 1. The maximum atomic E-state index is 15.2. The number of allylic oxidation sites excluding steroid dienone is 2. The lowest BCUT2D eigenvalue weighted by Gasteiger charge is -2.41. The molecule has 0 aromatic heterocycles. The molecule has 0 aromatic carbocycles. The van der Waals surface area contributed by atoms with E-state index in [9.17, 15) is 58.5 Å². The van der Waals surface area contributed by atoms with Gasteiger partial charge in [-0.1, -0.05) is 95.2 Å². The average molecular weight is 1290 g/mol. The third-order valence-electron chi connectivity index (χ3n) is 17.1. The van der Waals surface area contributed by atoms with E-state index in [1.165, 1.54) is 84.6 Å². The van der Waals surface area contributed by atoms with Gasteiger partial charge in [-0.15, -0.1) is 0 Å². The van der Waals surface area contributed by atoms with Gasteiger partial charge < -0.3 is 70.9 Å². The summed E-state index contributed by atoms with van der Waals surface area (Å²) < 4.78 is 0. The summed E-state index contributed by atoms with van der Waals surface area (Å²) in [6.07, 6.45) is 2.53. The molecular formula is C65H115N11O15. The molecule has 0 aliphatic carbocycles. The molecule has 0 saturated carbocycles. The van der Waals surface area contributed by atoms with Gasteiger partial charge in [0.05, 0.1) is 11.7 Å². The summed E-state index contributed by atoms with van der Waals surface area (Å²) in [6.45, 7) is 28.3. The lowest BCUT2D eigenvalue weighted by Crippen LogP contribution is -2.64. The highest BCUT2D eigenvalue weighted by Gasteiger charge is 2.47. The fourth-order valence-electron chi connectivity index (χ4n) is 11.2. The predicted molar refractivity (Wildman–Crippen MR) is 346 cm³/mol. The van der Waals surface area contributed by atoms with Gasteiger partial charge in [0.1, 0.15) is 60.4 Å². The second-order valence-electron chi connectivity index (χ2n) is 27.6. The van der Waals surface area contributed by atoms with Crippen molar-refractivity contribution < 1.29 is 72.9 Å². The van der Waals surface area contributed by atoms with Crippen LogP contribution in [-0.2, 0) is 57.5 Å². The van der Waals surface area contributed by atoms with Crippen molar-refractivity contribution in [2.75, 3.05) is 49.3 Å². The molecular weight excluding hydrogens is 1170 g/mol. The van der Waals surface area contributed by atoms with E-state index in [4.69, 9.17) is 0 Å². The lowest BCUT2D eigenvalue weighted by molar-refractivity contribution is -0.161. The van der Waals surface area contributed by atoms with Gasteiger partial charge in [0, 0.05) is 55.8 Å². The summed E-state index contributed by atoms with van der Waals surface area (Å²) in [7, 11) is 8.96. The van der Waals surface area contributed by atoms with Gasteiger partial charge in [-0.2, -0.15) is 0 Å². The quantitative estimate of drug-likeness (QED) is 0.0766. The van der Waals surface area contributed by atoms with E-state index in [1.54, 1.807) is 53.7 Å². The zero-order valence-electron chi connectivity index (χ0n) is 59.1. The maximum absolute atomic E-state index is 15.2. The Morgan fingerprint density at radius 2 is 0.978 bits per heavy atom. The fraction of sp³-hybridized carbons (Fsp3) is 0.785. The SMILES string of the molecule is C/C=C/C[C@@H](C)[C@@H](O)[C@H]1C(=O)N[C@H](CC)C(=O)N(C)C(C(=O)O)C(=O)N(C)[C@@H](CC(C)(C)O)C(=O)N[C@H](C(C)C)C(=O)N(C)[C@H](CCC(C)C)C(=O)N[C@H](C)C(=O)N[C@@H](C)C(=O)N(C)[C@H](CC(C)C)C(=O)N(C)[C@H](CCC(C)C)C(=O)N(C)[C@H](C(C)C)C(=O)N1C. The third-order valence-corrected chi connectivity index (χ3v) is 17.1. The van der Waals surface area contributed by atoms with Crippen LogP contribution < -0.4 is 21.3 Å². The van der Waals surface area contributed by atoms with Gasteiger partial charge in [-0.05, 0) is 115 Å². The molecule has 1 saturated heterocycles. The minimum atomic E-state index is -2.37. The van der Waals surface area contributed by atoms with Gasteiger partial charge in [0.25, 0.3) is 5.91 Å². The Kier molecular flexibility index (Phi) is 33.0. The standard InChI is InChI=1S/C65H115N11O15/c1-25-27-28-40(13)52(77)50-56(81)68-43(26-2)58(83)76(24)51(64(89)90)63(88)73(21)47(34-65(16,17)91)55(80)69-48(38(9)10)61(86)70(18)44(31-29-35(3)4)54(79)66-41(14)53(78)67-42(15)57(82)72(20)46(33-37(7)8)60(85)71(19)45(32-30-36(5)6)59(84)74(22)49(39(11)12)62(87)75(50)23/h25,27,35-52,77,91H,26,28-34H2,1-24H3,(H,66,79)(H,67,78)(H,68,81)(H,69,80)(H,89,90)/b27-25+/t40-,41-,42+,43-,44-,45-,46-,47+,48-,49-,50+,51?,52-/m1/s1. The molecule has 0 radical (unpaired) electrons. The maximum Gasteiger partial charge on any atom is 0.336 e. The molecule has 1 fully saturated rings. The first-order chi connectivity index (χ1) is 41.8. The number of rotatable bonds is 18. The largest absolute Gasteiger partial charge is 0.479 e. The molecule has 0 bridgehead atoms. The molecule has 1 aliphatic heterocycles. The van der Waals surface area contributed by atoms with Crippen LogP contribution in [0.4, 0.5) is 0 Å². The van der Waals surface area contributed by atoms with Crippen molar-refractivity contribution in [1.82, 2.24) is 55.6 Å². The van der Waals surface area contributed by atoms with Crippen molar-refractivity contribution in [2.24, 2.45) is 35.5 Å². The molecule has 1 heterocycles. The van der Waals surface area contributed by atoms with Gasteiger partial charge in [-0.3, -0.25) is 52.7 Å². The minimum absolute atomic E-state index is 0.0305. The molecule has 520 valence electrons. The van der Waals surface area contributed by atoms with Crippen molar-refractivity contribution in [2.45, 2.75) is 247 Å². The number of aliphatic hydroxyl groups is 2. The number of likely N-dealkylation sites (N-methyl/N-ethyl adjacent to an activating group) is 7. The van der Waals surface area contributed by atoms with E-state index in [0.717, 1.165) is 28.8 Å². The number of amides is 11. The molecule has 26 nitrogen and oxygen atoms in total. The number of aliphatic carboxylic acids is 1. The van der Waals surface area contributed by atoms with Crippen molar-refractivity contribution in [1.29, 1.82) is 0 Å². The Balaban J connectivity index is 4.53. The van der Waals surface area contributed by atoms with Crippen LogP contribution in [-0.4, -0.2) is 248 Å². The minimum Gasteiger partial charge on any atom is -0.479 e. The topological polar surface area (TPSA) is 336 Å². The van der Waals surface area contributed by atoms with Crippen molar-refractivity contribution in [3.8, 4) is 0 Å². The number of carbonyl (C=O) groups is 12. The molecule has 1 rings (SSSR count). The Morgan fingerprint density at radius 3 is 1.44 bits per heavy atom. The first-order valence-corrected chi connectivity index (χ1v) is 32.2. The summed E-state index contributed by atoms with van der Waals surface area (Å²) in [5.74, 6) is -13.6. The second-order valence-corrected chi connectivity index (χ2v) is 27.6. The van der Waals surface area contributed by atoms with E-state index >= 15 is 14.4 Å². The molecule has 7 N–H and O–H groups in total. The van der Waals surface area contributed by atoms with E-state index in [-0.39, 0.29) is 49.9 Å². The van der Waals surface area contributed by atoms with E-state index in [0.29, 0.717) is 17.7 Å². The third kappa shape index (κ3) is 23.1. The fourth-order valence-corrected chi connectivity index (χ4v) is 11.2. The van der Waals surface area contributed by atoms with Crippen LogP contribution in [0.25, 0.3) is 0 Å². The summed E-state index contributed by atoms with van der Waals surface area (Å²) in [5, 5.41) is 44.7. The molecule has 1 unspecified atom stereocenters. The van der Waals surface area contributed by atoms with E-state index in [1.807, 2.05) is 41.5 Å². The highest BCUT2D eigenvalue weighted by molar-refractivity contribution is 6.06. The van der Waals surface area contributed by atoms with Gasteiger partial charge in [-0.25, -0.2) is 4.79 Å². The van der Waals surface area contributed by atoms with Crippen molar-refractivity contribution in [3.63, 3.8) is 0 Å². The van der Waals surface area contributed by atoms with Crippen LogP contribution in [0.2, 0.25) is 0 Å². The monoisotopic (exact) mass is 1290 g/mol. The van der Waals surface area contributed by atoms with Crippen LogP contribution in [0.1, 0.15) is 169 Å². The Morgan fingerprint density at radius 1 is 0.516 bits per heavy atom. The first-order valence-electron chi connectivity index (χ1n) is 32.2. The summed E-state index contributed by atoms with van der Waals surface area (Å²) in [5.41, 5.74) is -1.72. The number of carbonyl (C=O) groups excluding carboxylic acids is 11. The van der Waals surface area contributed by atoms with E-state index in [2.05, 4.69) is 21.3 Å². The number of carboxylic acids is 1. The Bertz CT molecular complexity index is 2550. The first kappa shape index (κ1) is 82.3. The van der Waals surface area contributed by atoms with Crippen molar-refractivity contribution >= 4 is 70.9 Å². The molecule has 26 heteroatoms. The second kappa shape index (κ2) is 36.5. The van der Waals surface area contributed by atoms with Gasteiger partial charge in [0.2, 0.25) is 65.1 Å². The molecule has 0 spiro atoms. The lowest BCUT2D eigenvalue weighted by atomic mass is 9.91. The van der Waals surface area contributed by atoms with Crippen LogP contribution in [0, 0.1) is 35.5 Å². The van der Waals surface area contributed by atoms with Crippen LogP contribution in [0.15, 0.2) is 12.2 Å². The molecule has 0 aromatic rings. The summed E-state index contributed by atoms with van der Waals surface area (Å²) in [4.78, 5) is 182. The predicted octanol–water partition coefficient (Wildman–Crippen LogP) is 2.62. The number of nitrogens with zero attached hydrogens (tertiary/aromatic N) is 7. The zero-order chi connectivity index (χ0) is 70.8. The Labute approximate surface area is 541 Å². The number of carboxylic acid groups (broad SMARTS) is 1. The highest BCUT2D eigenvalue weighted by atomic mass is 16.4.